The van der Waals surface area contributed by atoms with Crippen LogP contribution in [0.25, 0.3) is 0 Å². The fourth-order valence-electron chi connectivity index (χ4n) is 2.04. The van der Waals surface area contributed by atoms with Crippen LogP contribution in [0.5, 0.6) is 0 Å². The molecule has 0 heteroatoms. The van der Waals surface area contributed by atoms with E-state index in [0.29, 0.717) is 5.41 Å². The van der Waals surface area contributed by atoms with Crippen LogP contribution >= 0.6 is 0 Å². The normalized spacial score (nSPS) is 18.7. The Morgan fingerprint density at radius 2 is 1.62 bits per heavy atom. The van der Waals surface area contributed by atoms with E-state index in [-0.39, 0.29) is 0 Å². The quantitative estimate of drug-likeness (QED) is 0.551. The average molecular weight is 184 g/mol. The van der Waals surface area contributed by atoms with Gasteiger partial charge in [-0.3, -0.25) is 0 Å². The SMILES string of the molecule is CCCC(C)(CC)CC(C)C(C)C. The molecule has 0 bridgehead atoms. The van der Waals surface area contributed by atoms with Gasteiger partial charge >= 0.3 is 0 Å². The molecular weight excluding hydrogens is 156 g/mol. The fourth-order valence-corrected chi connectivity index (χ4v) is 2.04. The van der Waals surface area contributed by atoms with E-state index in [1.807, 2.05) is 0 Å². The molecule has 0 saturated heterocycles. The maximum Gasteiger partial charge on any atom is -0.0326 e. The van der Waals surface area contributed by atoms with Crippen molar-refractivity contribution in [2.75, 3.05) is 0 Å². The first-order valence-electron chi connectivity index (χ1n) is 5.95. The highest BCUT2D eigenvalue weighted by molar-refractivity contribution is 4.75. The Hall–Kier alpha value is 0. The van der Waals surface area contributed by atoms with E-state index in [1.54, 1.807) is 0 Å². The number of rotatable bonds is 6. The minimum absolute atomic E-state index is 0.596. The summed E-state index contributed by atoms with van der Waals surface area (Å²) in [6, 6.07) is 0. The van der Waals surface area contributed by atoms with E-state index in [4.69, 9.17) is 0 Å². The molecule has 0 aromatic carbocycles. The van der Waals surface area contributed by atoms with E-state index in [9.17, 15) is 0 Å². The van der Waals surface area contributed by atoms with Gasteiger partial charge in [0.1, 0.15) is 0 Å². The smallest absolute Gasteiger partial charge is 0.0326 e. The molecule has 0 saturated carbocycles. The summed E-state index contributed by atoms with van der Waals surface area (Å²) in [4.78, 5) is 0. The highest BCUT2D eigenvalue weighted by Crippen LogP contribution is 2.36. The summed E-state index contributed by atoms with van der Waals surface area (Å²) in [5.74, 6) is 1.71. The van der Waals surface area contributed by atoms with Crippen molar-refractivity contribution < 1.29 is 0 Å². The molecule has 0 heterocycles. The Morgan fingerprint density at radius 1 is 1.08 bits per heavy atom. The average Bonchev–Trinajstić information content (AvgIpc) is 2.04. The second-order valence-electron chi connectivity index (χ2n) is 5.34. The Balaban J connectivity index is 4.09. The van der Waals surface area contributed by atoms with Crippen molar-refractivity contribution >= 4 is 0 Å². The van der Waals surface area contributed by atoms with Crippen molar-refractivity contribution in [3.8, 4) is 0 Å². The lowest BCUT2D eigenvalue weighted by Crippen LogP contribution is -2.21. The second-order valence-corrected chi connectivity index (χ2v) is 5.34. The van der Waals surface area contributed by atoms with Crippen LogP contribution in [0.3, 0.4) is 0 Å². The lowest BCUT2D eigenvalue weighted by atomic mass is 9.73. The number of hydrogen-bond acceptors (Lipinski definition) is 0. The molecule has 80 valence electrons. The Morgan fingerprint density at radius 3 is 1.92 bits per heavy atom. The van der Waals surface area contributed by atoms with Crippen LogP contribution in [0.4, 0.5) is 0 Å². The lowest BCUT2D eigenvalue weighted by molar-refractivity contribution is 0.191. The standard InChI is InChI=1S/C13H28/c1-7-9-13(6,8-2)10-12(5)11(3)4/h11-12H,7-10H2,1-6H3. The first-order valence-corrected chi connectivity index (χ1v) is 5.95. The Labute approximate surface area is 85.1 Å². The summed E-state index contributed by atoms with van der Waals surface area (Å²) in [7, 11) is 0. The highest BCUT2D eigenvalue weighted by Gasteiger charge is 2.24. The van der Waals surface area contributed by atoms with Crippen molar-refractivity contribution in [2.24, 2.45) is 17.3 Å². The van der Waals surface area contributed by atoms with Gasteiger partial charge in [-0.05, 0) is 30.1 Å². The van der Waals surface area contributed by atoms with Crippen molar-refractivity contribution in [3.63, 3.8) is 0 Å². The van der Waals surface area contributed by atoms with Gasteiger partial charge in [0.25, 0.3) is 0 Å². The minimum atomic E-state index is 0.596. The van der Waals surface area contributed by atoms with Gasteiger partial charge in [-0.2, -0.15) is 0 Å². The summed E-state index contributed by atoms with van der Waals surface area (Å²) in [5, 5.41) is 0. The maximum atomic E-state index is 2.45. The molecular formula is C13H28. The molecule has 2 atom stereocenters. The highest BCUT2D eigenvalue weighted by atomic mass is 14.3. The zero-order chi connectivity index (χ0) is 10.5. The van der Waals surface area contributed by atoms with Gasteiger partial charge in [-0.25, -0.2) is 0 Å². The summed E-state index contributed by atoms with van der Waals surface area (Å²) in [6.07, 6.45) is 5.45. The predicted octanol–water partition coefficient (Wildman–Crippen LogP) is 4.89. The third kappa shape index (κ3) is 4.69. The van der Waals surface area contributed by atoms with E-state index < -0.39 is 0 Å². The largest absolute Gasteiger partial charge is 0.0654 e. The topological polar surface area (TPSA) is 0 Å². The first kappa shape index (κ1) is 13.0. The summed E-state index contributed by atoms with van der Waals surface area (Å²) in [6.45, 7) is 14.2. The van der Waals surface area contributed by atoms with Gasteiger partial charge in [0.15, 0.2) is 0 Å². The third-order valence-electron chi connectivity index (χ3n) is 3.66. The molecule has 0 aliphatic rings. The molecule has 2 unspecified atom stereocenters. The Kier molecular flexibility index (Phi) is 5.67. The Bertz CT molecular complexity index is 126. The maximum absolute atomic E-state index is 2.45. The van der Waals surface area contributed by atoms with Crippen LogP contribution < -0.4 is 0 Å². The van der Waals surface area contributed by atoms with Gasteiger partial charge in [0.2, 0.25) is 0 Å². The molecule has 0 aliphatic carbocycles. The molecule has 0 aromatic heterocycles. The molecule has 0 nitrogen and oxygen atoms in total. The monoisotopic (exact) mass is 184 g/mol. The number of hydrogen-bond donors (Lipinski definition) is 0. The predicted molar refractivity (Wildman–Crippen MR) is 61.9 cm³/mol. The minimum Gasteiger partial charge on any atom is -0.0654 e. The zero-order valence-corrected chi connectivity index (χ0v) is 10.5. The van der Waals surface area contributed by atoms with Gasteiger partial charge in [0.05, 0.1) is 0 Å². The summed E-state index contributed by atoms with van der Waals surface area (Å²) in [5.41, 5.74) is 0.596. The van der Waals surface area contributed by atoms with E-state index in [2.05, 4.69) is 41.5 Å². The molecule has 0 amide bonds. The first-order chi connectivity index (χ1) is 5.95. The molecule has 13 heavy (non-hydrogen) atoms. The molecule has 0 radical (unpaired) electrons. The van der Waals surface area contributed by atoms with Crippen LogP contribution in [-0.4, -0.2) is 0 Å². The van der Waals surface area contributed by atoms with Crippen LogP contribution in [0.1, 0.15) is 67.2 Å². The van der Waals surface area contributed by atoms with Crippen molar-refractivity contribution in [2.45, 2.75) is 67.2 Å². The molecule has 0 spiro atoms. The fraction of sp³-hybridized carbons (Fsp3) is 1.00. The van der Waals surface area contributed by atoms with Crippen LogP contribution in [0.2, 0.25) is 0 Å². The van der Waals surface area contributed by atoms with Crippen LogP contribution in [0.15, 0.2) is 0 Å². The van der Waals surface area contributed by atoms with Crippen LogP contribution in [-0.2, 0) is 0 Å². The van der Waals surface area contributed by atoms with E-state index >= 15 is 0 Å². The van der Waals surface area contributed by atoms with Gasteiger partial charge in [0, 0.05) is 0 Å². The van der Waals surface area contributed by atoms with Crippen molar-refractivity contribution in [3.05, 3.63) is 0 Å². The van der Waals surface area contributed by atoms with Gasteiger partial charge in [-0.1, -0.05) is 54.4 Å². The second kappa shape index (κ2) is 5.67. The van der Waals surface area contributed by atoms with E-state index in [1.165, 1.54) is 25.7 Å². The van der Waals surface area contributed by atoms with Crippen molar-refractivity contribution in [1.29, 1.82) is 0 Å². The summed E-state index contributed by atoms with van der Waals surface area (Å²) >= 11 is 0. The molecule has 0 aromatic rings. The molecule has 0 fully saturated rings. The summed E-state index contributed by atoms with van der Waals surface area (Å²) < 4.78 is 0. The zero-order valence-electron chi connectivity index (χ0n) is 10.5. The van der Waals surface area contributed by atoms with Gasteiger partial charge < -0.3 is 0 Å². The van der Waals surface area contributed by atoms with Crippen molar-refractivity contribution in [1.82, 2.24) is 0 Å². The lowest BCUT2D eigenvalue weighted by Gasteiger charge is -2.32. The molecule has 0 rings (SSSR count). The van der Waals surface area contributed by atoms with E-state index in [0.717, 1.165) is 11.8 Å². The van der Waals surface area contributed by atoms with Gasteiger partial charge in [-0.15, -0.1) is 0 Å². The molecule has 0 aliphatic heterocycles. The third-order valence-corrected chi connectivity index (χ3v) is 3.66. The molecule has 0 N–H and O–H groups in total. The van der Waals surface area contributed by atoms with Crippen LogP contribution in [0, 0.1) is 17.3 Å².